The fourth-order valence-electron chi connectivity index (χ4n) is 5.32. The van der Waals surface area contributed by atoms with Crippen molar-refractivity contribution in [3.63, 3.8) is 0 Å². The number of anilines is 1. The van der Waals surface area contributed by atoms with Crippen molar-refractivity contribution < 1.29 is 32.9 Å². The molecule has 2 aliphatic heterocycles. The Morgan fingerprint density at radius 3 is 2.43 bits per heavy atom. The Morgan fingerprint density at radius 1 is 0.952 bits per heavy atom. The third-order valence-electron chi connectivity index (χ3n) is 7.54. The van der Waals surface area contributed by atoms with E-state index in [2.05, 4.69) is 17.4 Å². The Morgan fingerprint density at radius 2 is 1.69 bits per heavy atom. The summed E-state index contributed by atoms with van der Waals surface area (Å²) in [5.74, 6) is 2.12. The van der Waals surface area contributed by atoms with Gasteiger partial charge in [-0.3, -0.25) is 4.79 Å². The van der Waals surface area contributed by atoms with Gasteiger partial charge in [-0.25, -0.2) is 4.39 Å². The van der Waals surface area contributed by atoms with Crippen molar-refractivity contribution in [1.29, 1.82) is 0 Å². The van der Waals surface area contributed by atoms with Gasteiger partial charge in [0.05, 0.1) is 31.6 Å². The maximum absolute atomic E-state index is 13.0. The van der Waals surface area contributed by atoms with E-state index in [1.165, 1.54) is 17.7 Å². The maximum Gasteiger partial charge on any atom is 0.265 e. The highest BCUT2D eigenvalue weighted by Crippen LogP contribution is 2.34. The van der Waals surface area contributed by atoms with Crippen LogP contribution in [0, 0.1) is 5.82 Å². The summed E-state index contributed by atoms with van der Waals surface area (Å²) in [7, 11) is 1.66. The number of amides is 1. The fourth-order valence-corrected chi connectivity index (χ4v) is 5.32. The van der Waals surface area contributed by atoms with Gasteiger partial charge in [0, 0.05) is 39.1 Å². The van der Waals surface area contributed by atoms with Crippen molar-refractivity contribution in [1.82, 2.24) is 5.32 Å². The number of piperidine rings is 1. The molecule has 1 N–H and O–H groups in total. The zero-order chi connectivity index (χ0) is 29.1. The van der Waals surface area contributed by atoms with Gasteiger partial charge in [-0.05, 0) is 79.0 Å². The molecule has 9 heteroatoms. The Hall–Kier alpha value is -3.66. The Balaban J connectivity index is 1.12. The average molecular weight is 579 g/mol. The van der Waals surface area contributed by atoms with Crippen molar-refractivity contribution in [2.75, 3.05) is 58.1 Å². The molecule has 3 aromatic carbocycles. The van der Waals surface area contributed by atoms with E-state index in [9.17, 15) is 9.18 Å². The minimum atomic E-state index is -0.277. The van der Waals surface area contributed by atoms with Gasteiger partial charge >= 0.3 is 0 Å². The number of carbonyl (C=O) groups excluding carboxylic acids is 1. The van der Waals surface area contributed by atoms with E-state index in [0.717, 1.165) is 55.1 Å². The van der Waals surface area contributed by atoms with Gasteiger partial charge in [-0.15, -0.1) is 0 Å². The molecule has 0 radical (unpaired) electrons. The van der Waals surface area contributed by atoms with Gasteiger partial charge < -0.3 is 33.9 Å². The molecule has 1 amide bonds. The first kappa shape index (κ1) is 29.8. The molecule has 2 atom stereocenters. The second kappa shape index (κ2) is 15.0. The first-order valence-electron chi connectivity index (χ1n) is 14.6. The molecule has 0 aromatic heterocycles. The third-order valence-corrected chi connectivity index (χ3v) is 7.54. The van der Waals surface area contributed by atoms with Crippen LogP contribution in [0.15, 0.2) is 66.7 Å². The number of fused-ring (bicyclic) bond motifs is 1. The first-order chi connectivity index (χ1) is 20.6. The lowest BCUT2D eigenvalue weighted by molar-refractivity contribution is -0.121. The smallest absolute Gasteiger partial charge is 0.265 e. The molecule has 5 rings (SSSR count). The predicted octanol–water partition coefficient (Wildman–Crippen LogP) is 5.10. The minimum absolute atomic E-state index is 0.0147. The Kier molecular flexibility index (Phi) is 10.6. The zero-order valence-corrected chi connectivity index (χ0v) is 24.1. The van der Waals surface area contributed by atoms with E-state index in [-0.39, 0.29) is 30.4 Å². The van der Waals surface area contributed by atoms with E-state index in [1.54, 1.807) is 24.1 Å². The number of ether oxygens (including phenoxy) is 5. The average Bonchev–Trinajstić information content (AvgIpc) is 3.02. The molecule has 8 nitrogen and oxygen atoms in total. The topological polar surface area (TPSA) is 78.5 Å². The Bertz CT molecular complexity index is 1290. The van der Waals surface area contributed by atoms with Crippen LogP contribution in [0.3, 0.4) is 0 Å². The van der Waals surface area contributed by atoms with Crippen molar-refractivity contribution >= 4 is 11.6 Å². The number of halogens is 1. The Labute approximate surface area is 246 Å². The highest BCUT2D eigenvalue weighted by molar-refractivity contribution is 5.97. The largest absolute Gasteiger partial charge is 0.493 e. The fraction of sp³-hybridized carbons (Fsp3) is 0.424. The van der Waals surface area contributed by atoms with E-state index >= 15 is 0 Å². The summed E-state index contributed by atoms with van der Waals surface area (Å²) in [6.07, 6.45) is 2.47. The number of nitrogens with one attached hydrogen (secondary N) is 1. The van der Waals surface area contributed by atoms with Crippen molar-refractivity contribution in [2.45, 2.75) is 37.9 Å². The molecular formula is C33H39FN2O6. The number of carbonyl (C=O) groups is 1. The van der Waals surface area contributed by atoms with Gasteiger partial charge in [0.1, 0.15) is 23.1 Å². The maximum atomic E-state index is 13.0. The van der Waals surface area contributed by atoms with Crippen LogP contribution < -0.4 is 24.4 Å². The third kappa shape index (κ3) is 8.00. The number of hydrogen-bond acceptors (Lipinski definition) is 7. The highest BCUT2D eigenvalue weighted by Gasteiger charge is 2.28. The van der Waals surface area contributed by atoms with Crippen LogP contribution in [0.25, 0.3) is 0 Å². The molecule has 2 aliphatic rings. The highest BCUT2D eigenvalue weighted by atomic mass is 19.1. The number of rotatable bonds is 14. The second-order valence-electron chi connectivity index (χ2n) is 10.5. The van der Waals surface area contributed by atoms with Crippen LogP contribution in [-0.2, 0) is 20.9 Å². The summed E-state index contributed by atoms with van der Waals surface area (Å²) in [4.78, 5) is 14.3. The van der Waals surface area contributed by atoms with Crippen molar-refractivity contribution in [3.05, 3.63) is 83.7 Å². The molecule has 0 aliphatic carbocycles. The lowest BCUT2D eigenvalue weighted by Crippen LogP contribution is -2.41. The summed E-state index contributed by atoms with van der Waals surface area (Å²) in [5, 5.41) is 3.46. The molecule has 0 spiro atoms. The molecule has 0 bridgehead atoms. The SMILES string of the molecule is COCCCN1C(=O)COc2ccc(COC3CNCCC3c3ccc(OCCCOc4ccc(F)cc4)cc3)cc21. The molecule has 2 heterocycles. The summed E-state index contributed by atoms with van der Waals surface area (Å²) < 4.78 is 41.8. The molecule has 1 saturated heterocycles. The van der Waals surface area contributed by atoms with Crippen LogP contribution in [0.2, 0.25) is 0 Å². The van der Waals surface area contributed by atoms with E-state index in [1.807, 2.05) is 30.3 Å². The van der Waals surface area contributed by atoms with E-state index < -0.39 is 0 Å². The van der Waals surface area contributed by atoms with Gasteiger partial charge in [-0.2, -0.15) is 0 Å². The first-order valence-corrected chi connectivity index (χ1v) is 14.6. The normalized spacial score (nSPS) is 18.3. The summed E-state index contributed by atoms with van der Waals surface area (Å²) >= 11 is 0. The van der Waals surface area contributed by atoms with Gasteiger partial charge in [0.25, 0.3) is 5.91 Å². The summed E-state index contributed by atoms with van der Waals surface area (Å²) in [6.45, 7) is 4.42. The second-order valence-corrected chi connectivity index (χ2v) is 10.5. The molecular weight excluding hydrogens is 539 g/mol. The molecule has 42 heavy (non-hydrogen) atoms. The number of hydrogen-bond donors (Lipinski definition) is 1. The lowest BCUT2D eigenvalue weighted by atomic mass is 9.87. The van der Waals surface area contributed by atoms with Crippen LogP contribution in [0.5, 0.6) is 17.2 Å². The van der Waals surface area contributed by atoms with Gasteiger partial charge in [-0.1, -0.05) is 18.2 Å². The van der Waals surface area contributed by atoms with Crippen molar-refractivity contribution in [3.8, 4) is 17.2 Å². The van der Waals surface area contributed by atoms with Crippen molar-refractivity contribution in [2.24, 2.45) is 0 Å². The predicted molar refractivity (Wildman–Crippen MR) is 158 cm³/mol. The number of benzene rings is 3. The molecule has 3 aromatic rings. The molecule has 1 fully saturated rings. The van der Waals surface area contributed by atoms with Crippen LogP contribution >= 0.6 is 0 Å². The quantitative estimate of drug-likeness (QED) is 0.267. The molecule has 224 valence electrons. The molecule has 2 unspecified atom stereocenters. The van der Waals surface area contributed by atoms with Crippen LogP contribution in [0.1, 0.15) is 36.3 Å². The summed E-state index contributed by atoms with van der Waals surface area (Å²) in [5.41, 5.74) is 3.02. The van der Waals surface area contributed by atoms with Gasteiger partial charge in [0.2, 0.25) is 0 Å². The van der Waals surface area contributed by atoms with E-state index in [4.69, 9.17) is 23.7 Å². The standard InChI is InChI=1S/C33H39FN2O6/c1-38-17-2-16-36-30-20-24(4-13-31(30)42-23-33(36)37)22-41-32-21-35-15-14-29(32)25-5-9-27(10-6-25)39-18-3-19-40-28-11-7-26(34)8-12-28/h4-13,20,29,32,35H,2-3,14-19,21-23H2,1H3. The van der Waals surface area contributed by atoms with E-state index in [0.29, 0.717) is 38.7 Å². The number of methoxy groups -OCH3 is 1. The summed E-state index contributed by atoms with van der Waals surface area (Å²) in [6, 6.07) is 20.2. The minimum Gasteiger partial charge on any atom is -0.493 e. The van der Waals surface area contributed by atoms with Crippen LogP contribution in [-0.4, -0.2) is 65.2 Å². The number of nitrogens with zero attached hydrogens (tertiary/aromatic N) is 1. The van der Waals surface area contributed by atoms with Crippen LogP contribution in [0.4, 0.5) is 10.1 Å². The lowest BCUT2D eigenvalue weighted by Gasteiger charge is -2.33. The van der Waals surface area contributed by atoms with Gasteiger partial charge in [0.15, 0.2) is 6.61 Å². The molecule has 0 saturated carbocycles. The zero-order valence-electron chi connectivity index (χ0n) is 24.1. The monoisotopic (exact) mass is 578 g/mol.